The van der Waals surface area contributed by atoms with Gasteiger partial charge in [0.1, 0.15) is 0 Å². The van der Waals surface area contributed by atoms with Crippen LogP contribution in [-0.2, 0) is 4.79 Å². The normalized spacial score (nSPS) is 27.1. The molecule has 1 unspecified atom stereocenters. The molecule has 1 aliphatic heterocycles. The van der Waals surface area contributed by atoms with Crippen molar-refractivity contribution in [3.63, 3.8) is 0 Å². The van der Waals surface area contributed by atoms with Crippen LogP contribution in [0.15, 0.2) is 5.10 Å². The molecule has 4 nitrogen and oxygen atoms in total. The molecule has 1 atom stereocenters. The summed E-state index contributed by atoms with van der Waals surface area (Å²) < 4.78 is 0. The smallest absolute Gasteiger partial charge is 0.259 e. The predicted molar refractivity (Wildman–Crippen MR) is 33.9 cm³/mol. The van der Waals surface area contributed by atoms with Crippen LogP contribution in [0.2, 0.25) is 0 Å². The van der Waals surface area contributed by atoms with Gasteiger partial charge in [0, 0.05) is 19.7 Å². The van der Waals surface area contributed by atoms with Crippen molar-refractivity contribution in [3.8, 4) is 0 Å². The maximum atomic E-state index is 10.8. The van der Waals surface area contributed by atoms with Crippen LogP contribution in [0.25, 0.3) is 0 Å². The molecule has 0 spiro atoms. The van der Waals surface area contributed by atoms with Crippen molar-refractivity contribution in [2.75, 3.05) is 7.05 Å². The summed E-state index contributed by atoms with van der Waals surface area (Å²) >= 11 is 0. The Morgan fingerprint density at radius 3 is 3.11 bits per heavy atom. The molecule has 1 rings (SSSR count). The third kappa shape index (κ3) is 1.08. The fraction of sp³-hybridized carbons (Fsp3) is 0.600. The van der Waals surface area contributed by atoms with Gasteiger partial charge in [0.15, 0.2) is 0 Å². The van der Waals surface area contributed by atoms with E-state index in [-0.39, 0.29) is 11.9 Å². The Hall–Kier alpha value is -0.900. The monoisotopic (exact) mass is 127 g/mol. The van der Waals surface area contributed by atoms with Crippen LogP contribution in [0, 0.1) is 0 Å². The molecule has 0 radical (unpaired) electrons. The molecule has 0 aliphatic carbocycles. The average molecular weight is 127 g/mol. The van der Waals surface area contributed by atoms with Crippen LogP contribution in [-0.4, -0.2) is 30.2 Å². The molecular weight excluding hydrogens is 118 g/mol. The minimum atomic E-state index is -0.382. The van der Waals surface area contributed by atoms with Gasteiger partial charge in [-0.3, -0.25) is 4.79 Å². The topological polar surface area (TPSA) is 58.7 Å². The van der Waals surface area contributed by atoms with Gasteiger partial charge in [0.25, 0.3) is 5.91 Å². The summed E-state index contributed by atoms with van der Waals surface area (Å²) in [4.78, 5) is 10.8. The molecule has 2 N–H and O–H groups in total. The third-order valence-corrected chi connectivity index (χ3v) is 1.25. The summed E-state index contributed by atoms with van der Waals surface area (Å²) in [7, 11) is 1.60. The molecule has 0 bridgehead atoms. The SMILES string of the molecule is CN1N=CCC(N)C1=O. The van der Waals surface area contributed by atoms with Crippen LogP contribution in [0.5, 0.6) is 0 Å². The van der Waals surface area contributed by atoms with E-state index >= 15 is 0 Å². The molecular formula is C5H9N3O. The van der Waals surface area contributed by atoms with Crippen molar-refractivity contribution >= 4 is 12.1 Å². The van der Waals surface area contributed by atoms with Crippen molar-refractivity contribution < 1.29 is 4.79 Å². The zero-order valence-corrected chi connectivity index (χ0v) is 5.24. The number of likely N-dealkylation sites (N-methyl/N-ethyl adjacent to an activating group) is 1. The zero-order valence-electron chi connectivity index (χ0n) is 5.24. The first-order chi connectivity index (χ1) is 4.22. The minimum Gasteiger partial charge on any atom is -0.320 e. The van der Waals surface area contributed by atoms with Gasteiger partial charge in [-0.25, -0.2) is 5.01 Å². The summed E-state index contributed by atoms with van der Waals surface area (Å²) in [5, 5.41) is 5.00. The maximum Gasteiger partial charge on any atom is 0.259 e. The van der Waals surface area contributed by atoms with Crippen LogP contribution in [0.4, 0.5) is 0 Å². The largest absolute Gasteiger partial charge is 0.320 e. The highest BCUT2D eigenvalue weighted by molar-refractivity contribution is 5.87. The predicted octanol–water partition coefficient (Wildman–Crippen LogP) is -0.838. The van der Waals surface area contributed by atoms with Gasteiger partial charge in [-0.2, -0.15) is 5.10 Å². The molecule has 1 heterocycles. The summed E-state index contributed by atoms with van der Waals surface area (Å²) in [6, 6.07) is -0.382. The van der Waals surface area contributed by atoms with Crippen molar-refractivity contribution in [1.82, 2.24) is 5.01 Å². The Morgan fingerprint density at radius 2 is 2.67 bits per heavy atom. The number of amides is 1. The van der Waals surface area contributed by atoms with Gasteiger partial charge in [0.05, 0.1) is 6.04 Å². The van der Waals surface area contributed by atoms with Crippen molar-refractivity contribution in [2.24, 2.45) is 10.8 Å². The van der Waals surface area contributed by atoms with E-state index in [4.69, 9.17) is 5.73 Å². The van der Waals surface area contributed by atoms with E-state index in [2.05, 4.69) is 5.10 Å². The lowest BCUT2D eigenvalue weighted by molar-refractivity contribution is -0.131. The van der Waals surface area contributed by atoms with Gasteiger partial charge in [-0.15, -0.1) is 0 Å². The second-order valence-electron chi connectivity index (χ2n) is 2.00. The lowest BCUT2D eigenvalue weighted by Crippen LogP contribution is -2.42. The maximum absolute atomic E-state index is 10.8. The Morgan fingerprint density at radius 1 is 2.00 bits per heavy atom. The molecule has 0 aromatic carbocycles. The van der Waals surface area contributed by atoms with Crippen molar-refractivity contribution in [1.29, 1.82) is 0 Å². The zero-order chi connectivity index (χ0) is 6.85. The Bertz CT molecular complexity index is 154. The number of rotatable bonds is 0. The highest BCUT2D eigenvalue weighted by Crippen LogP contribution is 1.98. The van der Waals surface area contributed by atoms with Crippen molar-refractivity contribution in [2.45, 2.75) is 12.5 Å². The van der Waals surface area contributed by atoms with E-state index in [1.165, 1.54) is 5.01 Å². The van der Waals surface area contributed by atoms with Crippen LogP contribution in [0.1, 0.15) is 6.42 Å². The third-order valence-electron chi connectivity index (χ3n) is 1.25. The van der Waals surface area contributed by atoms with Gasteiger partial charge in [-0.05, 0) is 0 Å². The second kappa shape index (κ2) is 2.14. The first-order valence-electron chi connectivity index (χ1n) is 2.77. The average Bonchev–Trinajstić information content (AvgIpc) is 1.83. The summed E-state index contributed by atoms with van der Waals surface area (Å²) in [6.45, 7) is 0. The van der Waals surface area contributed by atoms with Crippen LogP contribution >= 0.6 is 0 Å². The highest BCUT2D eigenvalue weighted by Gasteiger charge is 2.19. The number of carbonyl (C=O) groups is 1. The number of carbonyl (C=O) groups excluding carboxylic acids is 1. The molecule has 0 saturated carbocycles. The van der Waals surface area contributed by atoms with E-state index in [9.17, 15) is 4.79 Å². The molecule has 1 amide bonds. The molecule has 0 saturated heterocycles. The van der Waals surface area contributed by atoms with E-state index in [0.717, 1.165) is 0 Å². The summed E-state index contributed by atoms with van der Waals surface area (Å²) in [5.41, 5.74) is 5.39. The molecule has 1 aliphatic rings. The van der Waals surface area contributed by atoms with Gasteiger partial charge >= 0.3 is 0 Å². The van der Waals surface area contributed by atoms with Crippen LogP contribution in [0.3, 0.4) is 0 Å². The number of hydrazone groups is 1. The van der Waals surface area contributed by atoms with Gasteiger partial charge < -0.3 is 5.73 Å². The van der Waals surface area contributed by atoms with E-state index in [0.29, 0.717) is 6.42 Å². The van der Waals surface area contributed by atoms with E-state index in [1.54, 1.807) is 13.3 Å². The van der Waals surface area contributed by atoms with Crippen LogP contribution < -0.4 is 5.73 Å². The first kappa shape index (κ1) is 6.22. The number of nitrogens with two attached hydrogens (primary N) is 1. The molecule has 0 aromatic heterocycles. The van der Waals surface area contributed by atoms with Crippen molar-refractivity contribution in [3.05, 3.63) is 0 Å². The minimum absolute atomic E-state index is 0.113. The Kier molecular flexibility index (Phi) is 1.48. The Labute approximate surface area is 53.3 Å². The Balaban J connectivity index is 2.69. The highest BCUT2D eigenvalue weighted by atomic mass is 16.2. The van der Waals surface area contributed by atoms with E-state index < -0.39 is 0 Å². The lowest BCUT2D eigenvalue weighted by Gasteiger charge is -2.19. The molecule has 0 aromatic rings. The molecule has 4 heteroatoms. The molecule has 0 fully saturated rings. The molecule has 9 heavy (non-hydrogen) atoms. The summed E-state index contributed by atoms with van der Waals surface area (Å²) in [6.07, 6.45) is 2.20. The van der Waals surface area contributed by atoms with Gasteiger partial charge in [-0.1, -0.05) is 0 Å². The lowest BCUT2D eigenvalue weighted by atomic mass is 10.2. The number of nitrogens with zero attached hydrogens (tertiary/aromatic N) is 2. The summed E-state index contributed by atoms with van der Waals surface area (Å²) in [5.74, 6) is -0.113. The molecule has 50 valence electrons. The fourth-order valence-corrected chi connectivity index (χ4v) is 0.681. The van der Waals surface area contributed by atoms with E-state index in [1.807, 2.05) is 0 Å². The second-order valence-corrected chi connectivity index (χ2v) is 2.00. The number of hydrogen-bond donors (Lipinski definition) is 1. The standard InChI is InChI=1S/C5H9N3O/c1-8-5(9)4(6)2-3-7-8/h3-4H,2,6H2,1H3. The first-order valence-corrected chi connectivity index (χ1v) is 2.77. The quantitative estimate of drug-likeness (QED) is 0.461. The number of hydrogen-bond acceptors (Lipinski definition) is 3. The fourth-order valence-electron chi connectivity index (χ4n) is 0.681. The van der Waals surface area contributed by atoms with Gasteiger partial charge in [0.2, 0.25) is 0 Å².